The van der Waals surface area contributed by atoms with Crippen molar-refractivity contribution in [2.45, 2.75) is 26.7 Å². The van der Waals surface area contributed by atoms with Gasteiger partial charge in [-0.15, -0.1) is 5.10 Å². The molecule has 0 saturated heterocycles. The summed E-state index contributed by atoms with van der Waals surface area (Å²) < 4.78 is 33.1. The lowest BCUT2D eigenvalue weighted by molar-refractivity contribution is 0.0462. The zero-order chi connectivity index (χ0) is 33.9. The molecule has 248 valence electrons. The summed E-state index contributed by atoms with van der Waals surface area (Å²) in [6, 6.07) is 34.6. The molecule has 9 heteroatoms. The number of ether oxygens (including phenoxy) is 5. The molecule has 7 aromatic rings. The summed E-state index contributed by atoms with van der Waals surface area (Å²) in [5.41, 5.74) is 6.61. The minimum Gasteiger partial charge on any atom is -0.457 e. The fraction of sp³-hybridized carbons (Fsp3) is 0.200. The van der Waals surface area contributed by atoms with Crippen molar-refractivity contribution in [3.05, 3.63) is 120 Å². The van der Waals surface area contributed by atoms with Gasteiger partial charge < -0.3 is 23.7 Å². The molecule has 0 amide bonds. The van der Waals surface area contributed by atoms with Crippen molar-refractivity contribution in [3.63, 3.8) is 0 Å². The Hall–Kier alpha value is -5.64. The van der Waals surface area contributed by atoms with Crippen LogP contribution in [0.5, 0.6) is 23.3 Å². The average molecular weight is 655 g/mol. The van der Waals surface area contributed by atoms with Crippen molar-refractivity contribution in [2.24, 2.45) is 0 Å². The van der Waals surface area contributed by atoms with E-state index in [9.17, 15) is 0 Å². The number of hydrogen-bond donors (Lipinski definition) is 0. The summed E-state index contributed by atoms with van der Waals surface area (Å²) in [5, 5.41) is 7.11. The van der Waals surface area contributed by atoms with Gasteiger partial charge in [0.05, 0.1) is 16.7 Å². The van der Waals surface area contributed by atoms with Gasteiger partial charge in [0.1, 0.15) is 22.9 Å². The highest BCUT2D eigenvalue weighted by atomic mass is 16.7. The largest absolute Gasteiger partial charge is 0.457 e. The van der Waals surface area contributed by atoms with E-state index in [0.717, 1.165) is 44.4 Å². The molecule has 0 atom stereocenters. The molecule has 3 heterocycles. The van der Waals surface area contributed by atoms with E-state index in [0.29, 0.717) is 34.7 Å². The van der Waals surface area contributed by atoms with E-state index in [1.54, 1.807) is 18.9 Å². The molecule has 49 heavy (non-hydrogen) atoms. The number of para-hydroxylation sites is 1. The number of pyridine rings is 1. The second-order valence-corrected chi connectivity index (χ2v) is 12.1. The third kappa shape index (κ3) is 6.34. The quantitative estimate of drug-likeness (QED) is 0.122. The highest BCUT2D eigenvalue weighted by molar-refractivity contribution is 6.09. The van der Waals surface area contributed by atoms with Gasteiger partial charge in [0, 0.05) is 43.3 Å². The normalized spacial score (nSPS) is 11.5. The highest BCUT2D eigenvalue weighted by Crippen LogP contribution is 2.41. The van der Waals surface area contributed by atoms with Crippen molar-refractivity contribution in [3.8, 4) is 45.9 Å². The summed E-state index contributed by atoms with van der Waals surface area (Å²) in [6.45, 7) is 6.45. The van der Waals surface area contributed by atoms with Crippen LogP contribution in [-0.2, 0) is 9.47 Å². The molecule has 0 aliphatic carbocycles. The summed E-state index contributed by atoms with van der Waals surface area (Å²) in [6.07, 6.45) is 1.88. The van der Waals surface area contributed by atoms with Crippen LogP contribution < -0.4 is 14.2 Å². The van der Waals surface area contributed by atoms with Crippen LogP contribution in [0, 0.1) is 6.92 Å². The van der Waals surface area contributed by atoms with Gasteiger partial charge in [0.25, 0.3) is 0 Å². The number of nitrogens with zero attached hydrogens (tertiary/aromatic N) is 4. The zero-order valence-electron chi connectivity index (χ0n) is 28.2. The number of benzene rings is 4. The van der Waals surface area contributed by atoms with Crippen molar-refractivity contribution in [1.82, 2.24) is 19.3 Å². The van der Waals surface area contributed by atoms with Crippen molar-refractivity contribution in [1.29, 1.82) is 0 Å². The molecular weight excluding hydrogens is 616 g/mol. The van der Waals surface area contributed by atoms with Crippen LogP contribution in [0.2, 0.25) is 0 Å². The molecule has 3 aromatic heterocycles. The molecule has 0 aliphatic rings. The first-order valence-corrected chi connectivity index (χ1v) is 16.2. The van der Waals surface area contributed by atoms with Crippen molar-refractivity contribution >= 4 is 21.8 Å². The Morgan fingerprint density at radius 2 is 1.47 bits per heavy atom. The van der Waals surface area contributed by atoms with E-state index < -0.39 is 0 Å². The molecule has 0 saturated carbocycles. The minimum atomic E-state index is 0.0212. The summed E-state index contributed by atoms with van der Waals surface area (Å²) in [5.74, 6) is 3.43. The third-order valence-corrected chi connectivity index (χ3v) is 8.33. The molecule has 0 unspecified atom stereocenters. The van der Waals surface area contributed by atoms with E-state index in [1.807, 2.05) is 67.7 Å². The molecular formula is C40H38N4O5. The van der Waals surface area contributed by atoms with Crippen LogP contribution in [0.15, 0.2) is 109 Å². The first-order valence-electron chi connectivity index (χ1n) is 16.2. The van der Waals surface area contributed by atoms with Gasteiger partial charge in [0.2, 0.25) is 11.8 Å². The maximum absolute atomic E-state index is 6.59. The van der Waals surface area contributed by atoms with Crippen LogP contribution in [0.25, 0.3) is 44.4 Å². The zero-order valence-corrected chi connectivity index (χ0v) is 28.2. The molecule has 7 rings (SSSR count). The first kappa shape index (κ1) is 31.9. The SMILES string of the molecule is COCOc1nn(-c2cc(C)cc(Oc3ccc4c5ccccc5n(-c5cc(C(C)C)ccn5)c4c3)c2)c(OCOC)c1-c1ccccc1. The second-order valence-electron chi connectivity index (χ2n) is 12.1. The summed E-state index contributed by atoms with van der Waals surface area (Å²) >= 11 is 0. The molecule has 4 aromatic carbocycles. The Kier molecular flexibility index (Phi) is 9.02. The lowest BCUT2D eigenvalue weighted by atomic mass is 10.1. The number of methoxy groups -OCH3 is 2. The van der Waals surface area contributed by atoms with Crippen molar-refractivity contribution < 1.29 is 23.7 Å². The Morgan fingerprint density at radius 3 is 2.27 bits per heavy atom. The smallest absolute Gasteiger partial charge is 0.247 e. The standard InChI is InChI=1S/C40H38N4O5/c1-26(2)29-17-18-41-37(21-29)43-35-14-10-9-13-33(35)34-16-15-31(23-36(34)43)49-32-20-27(3)19-30(22-32)44-40(48-25-46-5)38(28-11-7-6-8-12-28)39(42-44)47-24-45-4/h6-23,26H,24-25H2,1-5H3. The third-order valence-electron chi connectivity index (χ3n) is 8.33. The fourth-order valence-corrected chi connectivity index (χ4v) is 6.10. The van der Waals surface area contributed by atoms with E-state index in [-0.39, 0.29) is 13.6 Å². The maximum Gasteiger partial charge on any atom is 0.247 e. The maximum atomic E-state index is 6.59. The first-order chi connectivity index (χ1) is 23.9. The Labute approximate surface area is 285 Å². The average Bonchev–Trinajstić information content (AvgIpc) is 3.65. The Bertz CT molecular complexity index is 2240. The number of aryl methyl sites for hydroxylation is 1. The van der Waals surface area contributed by atoms with E-state index in [2.05, 4.69) is 66.9 Å². The van der Waals surface area contributed by atoms with Gasteiger partial charge in [-0.1, -0.05) is 62.4 Å². The molecule has 0 spiro atoms. The Balaban J connectivity index is 1.32. The molecule has 0 N–H and O–H groups in total. The lowest BCUT2D eigenvalue weighted by Gasteiger charge is -2.14. The molecule has 9 nitrogen and oxygen atoms in total. The van der Waals surface area contributed by atoms with Gasteiger partial charge in [-0.2, -0.15) is 4.68 Å². The predicted octanol–water partition coefficient (Wildman–Crippen LogP) is 9.22. The fourth-order valence-electron chi connectivity index (χ4n) is 6.10. The Morgan fingerprint density at radius 1 is 0.714 bits per heavy atom. The van der Waals surface area contributed by atoms with E-state index in [1.165, 1.54) is 5.56 Å². The summed E-state index contributed by atoms with van der Waals surface area (Å²) in [7, 11) is 3.15. The molecule has 0 aliphatic heterocycles. The van der Waals surface area contributed by atoms with Gasteiger partial charge in [-0.25, -0.2) is 4.98 Å². The highest BCUT2D eigenvalue weighted by Gasteiger charge is 2.24. The van der Waals surface area contributed by atoms with Crippen molar-refractivity contribution in [2.75, 3.05) is 27.8 Å². The number of hydrogen-bond acceptors (Lipinski definition) is 7. The molecule has 0 radical (unpaired) electrons. The van der Waals surface area contributed by atoms with E-state index >= 15 is 0 Å². The van der Waals surface area contributed by atoms with E-state index in [4.69, 9.17) is 33.8 Å². The topological polar surface area (TPSA) is 81.8 Å². The summed E-state index contributed by atoms with van der Waals surface area (Å²) in [4.78, 5) is 4.79. The van der Waals surface area contributed by atoms with Gasteiger partial charge in [-0.3, -0.25) is 4.57 Å². The predicted molar refractivity (Wildman–Crippen MR) is 191 cm³/mol. The van der Waals surface area contributed by atoms with Crippen LogP contribution >= 0.6 is 0 Å². The molecule has 0 bridgehead atoms. The van der Waals surface area contributed by atoms with Gasteiger partial charge in [0.15, 0.2) is 13.6 Å². The molecule has 0 fully saturated rings. The van der Waals surface area contributed by atoms with Crippen LogP contribution in [0.1, 0.15) is 30.9 Å². The monoisotopic (exact) mass is 654 g/mol. The lowest BCUT2D eigenvalue weighted by Crippen LogP contribution is -2.06. The number of rotatable bonds is 12. The number of aromatic nitrogens is 4. The van der Waals surface area contributed by atoms with Crippen LogP contribution in [0.3, 0.4) is 0 Å². The van der Waals surface area contributed by atoms with Gasteiger partial charge >= 0.3 is 0 Å². The van der Waals surface area contributed by atoms with Crippen LogP contribution in [-0.4, -0.2) is 47.1 Å². The number of fused-ring (bicyclic) bond motifs is 3. The van der Waals surface area contributed by atoms with Crippen LogP contribution in [0.4, 0.5) is 0 Å². The van der Waals surface area contributed by atoms with Gasteiger partial charge in [-0.05, 0) is 72.0 Å². The second kappa shape index (κ2) is 13.8. The minimum absolute atomic E-state index is 0.0212.